The first-order valence-electron chi connectivity index (χ1n) is 8.90. The normalized spacial score (nSPS) is 11.5. The van der Waals surface area contributed by atoms with Crippen LogP contribution in [0.2, 0.25) is 0 Å². The van der Waals surface area contributed by atoms with Crippen molar-refractivity contribution >= 4 is 23.6 Å². The van der Waals surface area contributed by atoms with Gasteiger partial charge in [0, 0.05) is 18.5 Å². The highest BCUT2D eigenvalue weighted by atomic mass is 32.2. The summed E-state index contributed by atoms with van der Waals surface area (Å²) in [6.45, 7) is 2.27. The number of rotatable bonds is 9. The molecule has 0 radical (unpaired) electrons. The molecular weight excluding hydrogens is 360 g/mol. The van der Waals surface area contributed by atoms with Crippen LogP contribution in [0.4, 0.5) is 0 Å². The van der Waals surface area contributed by atoms with Crippen molar-refractivity contribution in [2.45, 2.75) is 30.8 Å². The Hall–Kier alpha value is -2.47. The molecule has 2 aromatic rings. The lowest BCUT2D eigenvalue weighted by molar-refractivity contribution is -0.139. The fourth-order valence-corrected chi connectivity index (χ4v) is 3.60. The number of methoxy groups -OCH3 is 1. The van der Waals surface area contributed by atoms with Crippen LogP contribution in [0.15, 0.2) is 59.5 Å². The number of carbonyl (C=O) groups excluding carboxylic acids is 2. The highest BCUT2D eigenvalue weighted by molar-refractivity contribution is 8.00. The van der Waals surface area contributed by atoms with E-state index in [0.29, 0.717) is 13.0 Å². The van der Waals surface area contributed by atoms with Crippen molar-refractivity contribution in [1.29, 1.82) is 0 Å². The maximum absolute atomic E-state index is 13.0. The van der Waals surface area contributed by atoms with E-state index in [-0.39, 0.29) is 17.6 Å². The van der Waals surface area contributed by atoms with Gasteiger partial charge in [0.15, 0.2) is 0 Å². The Morgan fingerprint density at radius 2 is 1.89 bits per heavy atom. The molecule has 0 unspecified atom stereocenters. The largest absolute Gasteiger partial charge is 0.497 e. The molecule has 0 saturated carbocycles. The van der Waals surface area contributed by atoms with Crippen molar-refractivity contribution in [2.75, 3.05) is 19.9 Å². The number of carbonyl (C=O) groups is 2. The minimum atomic E-state index is -0.509. The van der Waals surface area contributed by atoms with Crippen LogP contribution in [0.5, 0.6) is 5.75 Å². The molecule has 0 spiro atoms. The predicted octanol–water partition coefficient (Wildman–Crippen LogP) is 3.34. The van der Waals surface area contributed by atoms with E-state index in [1.165, 1.54) is 11.8 Å². The second kappa shape index (κ2) is 10.6. The van der Waals surface area contributed by atoms with Gasteiger partial charge in [-0.3, -0.25) is 9.59 Å². The second-order valence-electron chi connectivity index (χ2n) is 6.01. The number of benzene rings is 2. The lowest BCUT2D eigenvalue weighted by Crippen LogP contribution is -2.48. The Kier molecular flexibility index (Phi) is 8.20. The van der Waals surface area contributed by atoms with Gasteiger partial charge < -0.3 is 15.0 Å². The van der Waals surface area contributed by atoms with Gasteiger partial charge in [-0.2, -0.15) is 0 Å². The van der Waals surface area contributed by atoms with Gasteiger partial charge in [0.2, 0.25) is 11.8 Å². The van der Waals surface area contributed by atoms with Crippen LogP contribution in [0.1, 0.15) is 18.9 Å². The molecule has 6 heteroatoms. The third-order valence-electron chi connectivity index (χ3n) is 4.22. The minimum absolute atomic E-state index is 0.0675. The average molecular weight is 387 g/mol. The van der Waals surface area contributed by atoms with Gasteiger partial charge in [-0.1, -0.05) is 37.3 Å². The molecule has 0 fully saturated rings. The second-order valence-corrected chi connectivity index (χ2v) is 7.06. The van der Waals surface area contributed by atoms with E-state index >= 15 is 0 Å². The predicted molar refractivity (Wildman–Crippen MR) is 109 cm³/mol. The first-order chi connectivity index (χ1) is 13.1. The van der Waals surface area contributed by atoms with E-state index in [2.05, 4.69) is 5.32 Å². The van der Waals surface area contributed by atoms with Gasteiger partial charge in [0.25, 0.3) is 0 Å². The zero-order chi connectivity index (χ0) is 19.6. The molecule has 2 aromatic carbocycles. The van der Waals surface area contributed by atoms with E-state index in [1.54, 1.807) is 19.1 Å². The number of thioether (sulfide) groups is 1. The number of nitrogens with zero attached hydrogens (tertiary/aromatic N) is 1. The van der Waals surface area contributed by atoms with Gasteiger partial charge in [-0.05, 0) is 36.2 Å². The SMILES string of the molecule is CC[C@@H](C(=O)NC)N(Cc1cccc(OC)c1)C(=O)CSc1ccccc1. The van der Waals surface area contributed by atoms with Gasteiger partial charge in [-0.15, -0.1) is 11.8 Å². The molecule has 2 rings (SSSR count). The van der Waals surface area contributed by atoms with Crippen LogP contribution in [0, 0.1) is 0 Å². The summed E-state index contributed by atoms with van der Waals surface area (Å²) >= 11 is 1.47. The summed E-state index contributed by atoms with van der Waals surface area (Å²) in [6.07, 6.45) is 0.547. The molecule has 0 aliphatic carbocycles. The molecular formula is C21H26N2O3S. The first kappa shape index (κ1) is 20.8. The van der Waals surface area contributed by atoms with Crippen molar-refractivity contribution in [2.24, 2.45) is 0 Å². The Morgan fingerprint density at radius 1 is 1.15 bits per heavy atom. The van der Waals surface area contributed by atoms with Gasteiger partial charge in [0.05, 0.1) is 12.9 Å². The minimum Gasteiger partial charge on any atom is -0.497 e. The van der Waals surface area contributed by atoms with Gasteiger partial charge >= 0.3 is 0 Å². The standard InChI is InChI=1S/C21H26N2O3S/c1-4-19(21(25)22-2)23(14-16-9-8-10-17(13-16)26-3)20(24)15-27-18-11-6-5-7-12-18/h5-13,19H,4,14-15H2,1-3H3,(H,22,25)/t19-/m0/s1. The fraction of sp³-hybridized carbons (Fsp3) is 0.333. The lowest BCUT2D eigenvalue weighted by atomic mass is 10.1. The Balaban J connectivity index is 2.19. The highest BCUT2D eigenvalue weighted by Gasteiger charge is 2.28. The molecule has 0 heterocycles. The number of hydrogen-bond donors (Lipinski definition) is 1. The first-order valence-corrected chi connectivity index (χ1v) is 9.89. The van der Waals surface area contributed by atoms with E-state index in [9.17, 15) is 9.59 Å². The van der Waals surface area contributed by atoms with Crippen LogP contribution in [0.3, 0.4) is 0 Å². The topological polar surface area (TPSA) is 58.6 Å². The Labute approximate surface area is 165 Å². The lowest BCUT2D eigenvalue weighted by Gasteiger charge is -2.30. The summed E-state index contributed by atoms with van der Waals surface area (Å²) in [4.78, 5) is 28.0. The third kappa shape index (κ3) is 6.03. The zero-order valence-electron chi connectivity index (χ0n) is 16.0. The molecule has 5 nitrogen and oxygen atoms in total. The molecule has 0 aliphatic heterocycles. The average Bonchev–Trinajstić information content (AvgIpc) is 2.72. The van der Waals surface area contributed by atoms with E-state index in [4.69, 9.17) is 4.74 Å². The van der Waals surface area contributed by atoms with Crippen LogP contribution >= 0.6 is 11.8 Å². The summed E-state index contributed by atoms with van der Waals surface area (Å²) in [5.41, 5.74) is 0.926. The van der Waals surface area contributed by atoms with Crippen LogP contribution in [-0.4, -0.2) is 42.7 Å². The summed E-state index contributed by atoms with van der Waals surface area (Å²) in [7, 11) is 3.20. The maximum atomic E-state index is 13.0. The summed E-state index contributed by atoms with van der Waals surface area (Å²) < 4.78 is 5.27. The van der Waals surface area contributed by atoms with Crippen molar-refractivity contribution < 1.29 is 14.3 Å². The fourth-order valence-electron chi connectivity index (χ4n) is 2.80. The number of amides is 2. The number of hydrogen-bond acceptors (Lipinski definition) is 4. The number of likely N-dealkylation sites (N-methyl/N-ethyl adjacent to an activating group) is 1. The van der Waals surface area contributed by atoms with E-state index in [1.807, 2.05) is 61.5 Å². The van der Waals surface area contributed by atoms with Crippen LogP contribution < -0.4 is 10.1 Å². The molecule has 0 aromatic heterocycles. The quantitative estimate of drug-likeness (QED) is 0.672. The van der Waals surface area contributed by atoms with Crippen molar-refractivity contribution in [1.82, 2.24) is 10.2 Å². The molecule has 1 N–H and O–H groups in total. The van der Waals surface area contributed by atoms with Gasteiger partial charge in [0.1, 0.15) is 11.8 Å². The summed E-state index contributed by atoms with van der Waals surface area (Å²) in [5.74, 6) is 0.786. The molecule has 0 aliphatic rings. The van der Waals surface area contributed by atoms with Crippen LogP contribution in [-0.2, 0) is 16.1 Å². The summed E-state index contributed by atoms with van der Waals surface area (Å²) in [6, 6.07) is 16.8. The molecule has 144 valence electrons. The number of ether oxygens (including phenoxy) is 1. The monoisotopic (exact) mass is 386 g/mol. The van der Waals surface area contributed by atoms with Crippen molar-refractivity contribution in [3.8, 4) is 5.75 Å². The van der Waals surface area contributed by atoms with E-state index < -0.39 is 6.04 Å². The highest BCUT2D eigenvalue weighted by Crippen LogP contribution is 2.21. The molecule has 0 bridgehead atoms. The maximum Gasteiger partial charge on any atom is 0.242 e. The van der Waals surface area contributed by atoms with Crippen LogP contribution in [0.25, 0.3) is 0 Å². The Morgan fingerprint density at radius 3 is 2.52 bits per heavy atom. The summed E-state index contributed by atoms with van der Waals surface area (Å²) in [5, 5.41) is 2.67. The van der Waals surface area contributed by atoms with E-state index in [0.717, 1.165) is 16.2 Å². The Bertz CT molecular complexity index is 752. The van der Waals surface area contributed by atoms with Crippen molar-refractivity contribution in [3.05, 3.63) is 60.2 Å². The molecule has 2 amide bonds. The smallest absolute Gasteiger partial charge is 0.242 e. The molecule has 1 atom stereocenters. The van der Waals surface area contributed by atoms with Crippen molar-refractivity contribution in [3.63, 3.8) is 0 Å². The number of nitrogens with one attached hydrogen (secondary N) is 1. The van der Waals surface area contributed by atoms with Gasteiger partial charge in [-0.25, -0.2) is 0 Å². The zero-order valence-corrected chi connectivity index (χ0v) is 16.8. The molecule has 0 saturated heterocycles. The molecule has 27 heavy (non-hydrogen) atoms. The third-order valence-corrected chi connectivity index (χ3v) is 5.22.